The molecular formula is C16H20N4OS. The molecule has 0 saturated carbocycles. The van der Waals surface area contributed by atoms with Crippen LogP contribution in [0.4, 0.5) is 5.82 Å². The Bertz CT molecular complexity index is 672. The summed E-state index contributed by atoms with van der Waals surface area (Å²) in [6, 6.07) is 2.09. The highest BCUT2D eigenvalue weighted by atomic mass is 32.1. The van der Waals surface area contributed by atoms with Crippen LogP contribution in [0.2, 0.25) is 0 Å². The van der Waals surface area contributed by atoms with Gasteiger partial charge in [-0.3, -0.25) is 4.79 Å². The molecule has 0 N–H and O–H groups in total. The Kier molecular flexibility index (Phi) is 3.70. The highest BCUT2D eigenvalue weighted by Gasteiger charge is 2.30. The zero-order valence-corrected chi connectivity index (χ0v) is 13.4. The number of hydrogen-bond acceptors (Lipinski definition) is 5. The van der Waals surface area contributed by atoms with E-state index in [1.54, 1.807) is 17.7 Å². The second kappa shape index (κ2) is 5.83. The van der Waals surface area contributed by atoms with Crippen molar-refractivity contribution in [3.05, 3.63) is 17.8 Å². The van der Waals surface area contributed by atoms with E-state index in [1.165, 1.54) is 12.8 Å². The molecule has 0 unspecified atom stereocenters. The van der Waals surface area contributed by atoms with Gasteiger partial charge in [-0.25, -0.2) is 9.97 Å². The van der Waals surface area contributed by atoms with Gasteiger partial charge in [0.05, 0.1) is 5.39 Å². The van der Waals surface area contributed by atoms with E-state index in [2.05, 4.69) is 31.2 Å². The van der Waals surface area contributed by atoms with E-state index >= 15 is 0 Å². The first-order chi connectivity index (χ1) is 10.8. The average molecular weight is 316 g/mol. The lowest BCUT2D eigenvalue weighted by molar-refractivity contribution is -0.135. The molecular weight excluding hydrogens is 296 g/mol. The van der Waals surface area contributed by atoms with Gasteiger partial charge in [-0.05, 0) is 37.1 Å². The van der Waals surface area contributed by atoms with Crippen molar-refractivity contribution in [3.8, 4) is 0 Å². The smallest absolute Gasteiger partial charge is 0.225 e. The molecule has 5 nitrogen and oxygen atoms in total. The highest BCUT2D eigenvalue weighted by Crippen LogP contribution is 2.30. The van der Waals surface area contributed by atoms with Gasteiger partial charge in [0.25, 0.3) is 0 Å². The van der Waals surface area contributed by atoms with Crippen LogP contribution in [-0.2, 0) is 4.79 Å². The number of fused-ring (bicyclic) bond motifs is 1. The minimum Gasteiger partial charge on any atom is -0.356 e. The molecule has 1 amide bonds. The molecule has 2 aliphatic rings. The van der Waals surface area contributed by atoms with Gasteiger partial charge in [-0.2, -0.15) is 0 Å². The second-order valence-electron chi connectivity index (χ2n) is 6.13. The summed E-state index contributed by atoms with van der Waals surface area (Å²) in [5.41, 5.74) is 0. The molecule has 0 aromatic carbocycles. The topological polar surface area (TPSA) is 49.3 Å². The number of aromatic nitrogens is 2. The summed E-state index contributed by atoms with van der Waals surface area (Å²) in [7, 11) is 0. The van der Waals surface area contributed by atoms with Crippen molar-refractivity contribution >= 4 is 33.3 Å². The lowest BCUT2D eigenvalue weighted by Gasteiger charge is -2.34. The molecule has 2 aliphatic heterocycles. The molecule has 0 aliphatic carbocycles. The maximum atomic E-state index is 12.5. The van der Waals surface area contributed by atoms with E-state index in [1.807, 2.05) is 0 Å². The summed E-state index contributed by atoms with van der Waals surface area (Å²) in [5, 5.41) is 3.20. The van der Waals surface area contributed by atoms with Gasteiger partial charge in [0.15, 0.2) is 0 Å². The number of rotatable bonds is 2. The lowest BCUT2D eigenvalue weighted by atomic mass is 9.95. The predicted octanol–water partition coefficient (Wildman–Crippen LogP) is 2.53. The van der Waals surface area contributed by atoms with Crippen LogP contribution in [0.5, 0.6) is 0 Å². The monoisotopic (exact) mass is 316 g/mol. The normalized spacial score (nSPS) is 20.0. The molecule has 4 heterocycles. The van der Waals surface area contributed by atoms with Gasteiger partial charge in [-0.1, -0.05) is 0 Å². The van der Waals surface area contributed by atoms with E-state index in [9.17, 15) is 4.79 Å². The molecule has 0 radical (unpaired) electrons. The zero-order valence-electron chi connectivity index (χ0n) is 12.6. The molecule has 6 heteroatoms. The van der Waals surface area contributed by atoms with Gasteiger partial charge < -0.3 is 9.80 Å². The van der Waals surface area contributed by atoms with Gasteiger partial charge in [-0.15, -0.1) is 11.3 Å². The van der Waals surface area contributed by atoms with Gasteiger partial charge >= 0.3 is 0 Å². The van der Waals surface area contributed by atoms with Gasteiger partial charge in [0.1, 0.15) is 17.0 Å². The quantitative estimate of drug-likeness (QED) is 0.854. The van der Waals surface area contributed by atoms with E-state index in [4.69, 9.17) is 0 Å². The van der Waals surface area contributed by atoms with Crippen molar-refractivity contribution in [2.45, 2.75) is 25.7 Å². The van der Waals surface area contributed by atoms with Crippen molar-refractivity contribution in [1.82, 2.24) is 14.9 Å². The SMILES string of the molecule is O=C(C1CCN(c2ncnc3sccc23)CC1)N1CCCC1. The standard InChI is InChI=1S/C16H20N4OS/c21-16(20-6-1-2-7-20)12-3-8-19(9-4-12)14-13-5-10-22-15(13)18-11-17-14/h5,10-12H,1-4,6-9H2. The highest BCUT2D eigenvalue weighted by molar-refractivity contribution is 7.16. The molecule has 116 valence electrons. The number of carbonyl (C=O) groups excluding carboxylic acids is 1. The summed E-state index contributed by atoms with van der Waals surface area (Å²) >= 11 is 1.65. The minimum atomic E-state index is 0.203. The lowest BCUT2D eigenvalue weighted by Crippen LogP contribution is -2.42. The predicted molar refractivity (Wildman–Crippen MR) is 88.2 cm³/mol. The Hall–Kier alpha value is -1.69. The van der Waals surface area contributed by atoms with Crippen LogP contribution in [0.15, 0.2) is 17.8 Å². The van der Waals surface area contributed by atoms with Crippen LogP contribution in [0.25, 0.3) is 10.2 Å². The average Bonchev–Trinajstić information content (AvgIpc) is 3.25. The molecule has 0 atom stereocenters. The zero-order chi connectivity index (χ0) is 14.9. The van der Waals surface area contributed by atoms with Crippen LogP contribution < -0.4 is 4.90 Å². The van der Waals surface area contributed by atoms with Crippen molar-refractivity contribution < 1.29 is 4.79 Å². The van der Waals surface area contributed by atoms with Crippen LogP contribution in [0.1, 0.15) is 25.7 Å². The number of amides is 1. The number of piperidine rings is 1. The fourth-order valence-electron chi connectivity index (χ4n) is 3.56. The van der Waals surface area contributed by atoms with Crippen LogP contribution >= 0.6 is 11.3 Å². The number of likely N-dealkylation sites (tertiary alicyclic amines) is 1. The molecule has 2 aromatic heterocycles. The van der Waals surface area contributed by atoms with Gasteiger partial charge in [0, 0.05) is 32.1 Å². The fourth-order valence-corrected chi connectivity index (χ4v) is 4.29. The molecule has 2 aromatic rings. The van der Waals surface area contributed by atoms with Crippen molar-refractivity contribution in [2.24, 2.45) is 5.92 Å². The van der Waals surface area contributed by atoms with E-state index in [0.29, 0.717) is 5.91 Å². The summed E-state index contributed by atoms with van der Waals surface area (Å²) in [6.07, 6.45) is 5.86. The molecule has 2 fully saturated rings. The summed E-state index contributed by atoms with van der Waals surface area (Å²) in [5.74, 6) is 1.60. The first kappa shape index (κ1) is 13.9. The Morgan fingerprint density at radius 2 is 1.91 bits per heavy atom. The number of anilines is 1. The van der Waals surface area contributed by atoms with Crippen LogP contribution in [-0.4, -0.2) is 47.0 Å². The molecule has 2 saturated heterocycles. The largest absolute Gasteiger partial charge is 0.356 e. The maximum Gasteiger partial charge on any atom is 0.225 e. The summed E-state index contributed by atoms with van der Waals surface area (Å²) in [6.45, 7) is 3.74. The van der Waals surface area contributed by atoms with Crippen molar-refractivity contribution in [1.29, 1.82) is 0 Å². The van der Waals surface area contributed by atoms with Crippen LogP contribution in [0.3, 0.4) is 0 Å². The second-order valence-corrected chi connectivity index (χ2v) is 7.02. The van der Waals surface area contributed by atoms with E-state index in [-0.39, 0.29) is 5.92 Å². The fraction of sp³-hybridized carbons (Fsp3) is 0.562. The number of thiophene rings is 1. The van der Waals surface area contributed by atoms with Crippen molar-refractivity contribution in [3.63, 3.8) is 0 Å². The summed E-state index contributed by atoms with van der Waals surface area (Å²) in [4.78, 5) is 26.7. The third kappa shape index (κ3) is 2.45. The number of nitrogens with zero attached hydrogens (tertiary/aromatic N) is 4. The first-order valence-electron chi connectivity index (χ1n) is 8.05. The minimum absolute atomic E-state index is 0.203. The molecule has 4 rings (SSSR count). The summed E-state index contributed by atoms with van der Waals surface area (Å²) < 4.78 is 0. The van der Waals surface area contributed by atoms with E-state index in [0.717, 1.165) is 55.1 Å². The third-order valence-corrected chi connectivity index (χ3v) is 5.62. The number of hydrogen-bond donors (Lipinski definition) is 0. The Balaban J connectivity index is 1.45. The Labute approximate surface area is 134 Å². The van der Waals surface area contributed by atoms with E-state index < -0.39 is 0 Å². The maximum absolute atomic E-state index is 12.5. The Morgan fingerprint density at radius 1 is 1.14 bits per heavy atom. The molecule has 0 bridgehead atoms. The molecule has 22 heavy (non-hydrogen) atoms. The van der Waals surface area contributed by atoms with Crippen molar-refractivity contribution in [2.75, 3.05) is 31.1 Å². The van der Waals surface area contributed by atoms with Gasteiger partial charge in [0.2, 0.25) is 5.91 Å². The first-order valence-corrected chi connectivity index (χ1v) is 8.93. The third-order valence-electron chi connectivity index (χ3n) is 4.80. The number of carbonyl (C=O) groups is 1. The van der Waals surface area contributed by atoms with Crippen LogP contribution in [0, 0.1) is 5.92 Å². The molecule has 0 spiro atoms. The Morgan fingerprint density at radius 3 is 2.68 bits per heavy atom.